The van der Waals surface area contributed by atoms with Crippen LogP contribution in [0, 0.1) is 0 Å². The van der Waals surface area contributed by atoms with E-state index in [-0.39, 0.29) is 0 Å². The number of anilines is 1. The van der Waals surface area contributed by atoms with Gasteiger partial charge in [0.25, 0.3) is 0 Å². The maximum absolute atomic E-state index is 10.5. The number of rotatable bonds is 3. The Bertz CT molecular complexity index is 628. The van der Waals surface area contributed by atoms with Crippen LogP contribution in [0.4, 0.5) is 5.69 Å². The molecule has 5 heteroatoms. The summed E-state index contributed by atoms with van der Waals surface area (Å²) >= 11 is 0. The summed E-state index contributed by atoms with van der Waals surface area (Å²) in [7, 11) is 1.56. The second-order valence-corrected chi connectivity index (χ2v) is 3.72. The molecule has 1 aliphatic heterocycles. The van der Waals surface area contributed by atoms with E-state index in [2.05, 4.69) is 10.3 Å². The van der Waals surface area contributed by atoms with Crippen LogP contribution in [-0.2, 0) is 11.3 Å². The van der Waals surface area contributed by atoms with E-state index >= 15 is 0 Å². The number of aliphatic imine (C=N–C) groups is 1. The molecule has 0 spiro atoms. The molecule has 0 atom stereocenters. The molecular weight excluding hydrogens is 220 g/mol. The van der Waals surface area contributed by atoms with Gasteiger partial charge in [-0.05, 0) is 6.07 Å². The van der Waals surface area contributed by atoms with Gasteiger partial charge < -0.3 is 14.5 Å². The molecule has 0 saturated carbocycles. The minimum absolute atomic E-state index is 0.572. The van der Waals surface area contributed by atoms with Crippen molar-refractivity contribution in [2.24, 2.45) is 4.99 Å². The number of fused-ring (bicyclic) bond motifs is 3. The fourth-order valence-electron chi connectivity index (χ4n) is 2.02. The third kappa shape index (κ3) is 1.39. The molecule has 0 fully saturated rings. The summed E-state index contributed by atoms with van der Waals surface area (Å²) in [6.07, 6.45) is 2.41. The lowest BCUT2D eigenvalue weighted by molar-refractivity contribution is -0.105. The zero-order valence-corrected chi connectivity index (χ0v) is 9.19. The third-order valence-corrected chi connectivity index (χ3v) is 2.80. The van der Waals surface area contributed by atoms with Gasteiger partial charge in [0.1, 0.15) is 17.1 Å². The fraction of sp³-hybridized carbons (Fsp3) is 0.167. The maximum atomic E-state index is 10.5. The molecule has 0 aliphatic carbocycles. The SMILES string of the molecule is COc1cc2c3c(oc2cc1NC=O)CN=C3. The predicted molar refractivity (Wildman–Crippen MR) is 63.8 cm³/mol. The van der Waals surface area contributed by atoms with Gasteiger partial charge in [0, 0.05) is 23.2 Å². The summed E-state index contributed by atoms with van der Waals surface area (Å²) in [6, 6.07) is 3.61. The zero-order valence-electron chi connectivity index (χ0n) is 9.19. The molecule has 86 valence electrons. The summed E-state index contributed by atoms with van der Waals surface area (Å²) < 4.78 is 10.9. The van der Waals surface area contributed by atoms with E-state index in [1.807, 2.05) is 6.07 Å². The Morgan fingerprint density at radius 2 is 2.41 bits per heavy atom. The van der Waals surface area contributed by atoms with Crippen LogP contribution in [0.5, 0.6) is 5.75 Å². The number of nitrogens with one attached hydrogen (secondary N) is 1. The Kier molecular flexibility index (Phi) is 2.11. The number of methoxy groups -OCH3 is 1. The van der Waals surface area contributed by atoms with Crippen LogP contribution in [0.25, 0.3) is 11.0 Å². The molecule has 1 amide bonds. The van der Waals surface area contributed by atoms with Gasteiger partial charge in [-0.3, -0.25) is 9.79 Å². The lowest BCUT2D eigenvalue weighted by Gasteiger charge is -2.06. The van der Waals surface area contributed by atoms with Crippen molar-refractivity contribution in [3.63, 3.8) is 0 Å². The largest absolute Gasteiger partial charge is 0.495 e. The minimum Gasteiger partial charge on any atom is -0.495 e. The monoisotopic (exact) mass is 230 g/mol. The Morgan fingerprint density at radius 1 is 1.53 bits per heavy atom. The number of hydrogen-bond acceptors (Lipinski definition) is 4. The molecule has 0 radical (unpaired) electrons. The highest BCUT2D eigenvalue weighted by Crippen LogP contribution is 2.35. The number of nitrogens with zero attached hydrogens (tertiary/aromatic N) is 1. The van der Waals surface area contributed by atoms with Crippen molar-refractivity contribution in [3.05, 3.63) is 23.5 Å². The second-order valence-electron chi connectivity index (χ2n) is 3.72. The van der Waals surface area contributed by atoms with E-state index in [9.17, 15) is 4.79 Å². The lowest BCUT2D eigenvalue weighted by atomic mass is 10.1. The minimum atomic E-state index is 0.572. The molecule has 0 bridgehead atoms. The zero-order chi connectivity index (χ0) is 11.8. The van der Waals surface area contributed by atoms with Crippen molar-refractivity contribution in [3.8, 4) is 5.75 Å². The molecule has 17 heavy (non-hydrogen) atoms. The molecule has 0 unspecified atom stereocenters. The van der Waals surface area contributed by atoms with Gasteiger partial charge in [0.2, 0.25) is 6.41 Å². The highest BCUT2D eigenvalue weighted by Gasteiger charge is 2.18. The first kappa shape index (κ1) is 9.89. The van der Waals surface area contributed by atoms with Gasteiger partial charge in [0.15, 0.2) is 0 Å². The van der Waals surface area contributed by atoms with E-state index in [1.54, 1.807) is 19.4 Å². The summed E-state index contributed by atoms with van der Waals surface area (Å²) in [4.78, 5) is 14.6. The first-order chi connectivity index (χ1) is 8.33. The Labute approximate surface area is 97.1 Å². The van der Waals surface area contributed by atoms with Crippen LogP contribution < -0.4 is 10.1 Å². The first-order valence-electron chi connectivity index (χ1n) is 5.17. The standard InChI is InChI=1S/C12H10N2O3/c1-16-11-2-7-8-4-13-5-12(8)17-10(7)3-9(11)14-6-15/h2-4,6H,5H2,1H3,(H,14,15). The molecule has 5 nitrogen and oxygen atoms in total. The van der Waals surface area contributed by atoms with Crippen molar-refractivity contribution in [1.82, 2.24) is 0 Å². The van der Waals surface area contributed by atoms with Gasteiger partial charge >= 0.3 is 0 Å². The van der Waals surface area contributed by atoms with Crippen molar-refractivity contribution in [2.45, 2.75) is 6.54 Å². The van der Waals surface area contributed by atoms with E-state index in [4.69, 9.17) is 9.15 Å². The van der Waals surface area contributed by atoms with Crippen LogP contribution >= 0.6 is 0 Å². The van der Waals surface area contributed by atoms with Crippen molar-refractivity contribution < 1.29 is 13.9 Å². The average Bonchev–Trinajstić information content (AvgIpc) is 2.88. The Hall–Kier alpha value is -2.30. The summed E-state index contributed by atoms with van der Waals surface area (Å²) in [5.74, 6) is 1.46. The quantitative estimate of drug-likeness (QED) is 0.819. The van der Waals surface area contributed by atoms with Crippen LogP contribution in [0.1, 0.15) is 11.3 Å². The van der Waals surface area contributed by atoms with Gasteiger partial charge in [-0.2, -0.15) is 0 Å². The van der Waals surface area contributed by atoms with Crippen molar-refractivity contribution in [2.75, 3.05) is 12.4 Å². The number of ether oxygens (including phenoxy) is 1. The fourth-order valence-corrected chi connectivity index (χ4v) is 2.02. The Balaban J connectivity index is 2.26. The second kappa shape index (κ2) is 3.62. The van der Waals surface area contributed by atoms with Gasteiger partial charge in [0.05, 0.1) is 19.3 Å². The molecule has 2 heterocycles. The smallest absolute Gasteiger partial charge is 0.211 e. The normalized spacial score (nSPS) is 12.8. The summed E-state index contributed by atoms with van der Waals surface area (Å²) in [5, 5.41) is 3.54. The number of carbonyl (C=O) groups is 1. The summed E-state index contributed by atoms with van der Waals surface area (Å²) in [6.45, 7) is 0.572. The van der Waals surface area contributed by atoms with E-state index in [0.717, 1.165) is 22.3 Å². The summed E-state index contributed by atoms with van der Waals surface area (Å²) in [5.41, 5.74) is 2.32. The number of benzene rings is 1. The molecular formula is C12H10N2O3. The molecule has 2 aromatic rings. The van der Waals surface area contributed by atoms with Crippen LogP contribution in [-0.4, -0.2) is 19.7 Å². The number of hydrogen-bond donors (Lipinski definition) is 1. The van der Waals surface area contributed by atoms with E-state index < -0.39 is 0 Å². The van der Waals surface area contributed by atoms with Crippen molar-refractivity contribution in [1.29, 1.82) is 0 Å². The van der Waals surface area contributed by atoms with Gasteiger partial charge in [-0.1, -0.05) is 0 Å². The topological polar surface area (TPSA) is 63.8 Å². The lowest BCUT2D eigenvalue weighted by Crippen LogP contribution is -1.97. The predicted octanol–water partition coefficient (Wildman–Crippen LogP) is 1.94. The molecule has 1 N–H and O–H groups in total. The van der Waals surface area contributed by atoms with Crippen LogP contribution in [0.15, 0.2) is 21.5 Å². The third-order valence-electron chi connectivity index (χ3n) is 2.80. The number of furan rings is 1. The number of carbonyl (C=O) groups excluding carboxylic acids is 1. The van der Waals surface area contributed by atoms with Gasteiger partial charge in [-0.15, -0.1) is 0 Å². The Morgan fingerprint density at radius 3 is 3.18 bits per heavy atom. The van der Waals surface area contributed by atoms with Gasteiger partial charge in [-0.25, -0.2) is 0 Å². The molecule has 1 aromatic carbocycles. The van der Waals surface area contributed by atoms with Crippen LogP contribution in [0.2, 0.25) is 0 Å². The molecule has 1 aliphatic rings. The average molecular weight is 230 g/mol. The van der Waals surface area contributed by atoms with E-state index in [1.165, 1.54) is 0 Å². The van der Waals surface area contributed by atoms with Crippen LogP contribution in [0.3, 0.4) is 0 Å². The highest BCUT2D eigenvalue weighted by molar-refractivity contribution is 6.03. The highest BCUT2D eigenvalue weighted by atomic mass is 16.5. The van der Waals surface area contributed by atoms with Crippen molar-refractivity contribution >= 4 is 29.3 Å². The molecule has 1 aromatic heterocycles. The maximum Gasteiger partial charge on any atom is 0.211 e. The molecule has 0 saturated heterocycles. The first-order valence-corrected chi connectivity index (χ1v) is 5.17. The van der Waals surface area contributed by atoms with E-state index in [0.29, 0.717) is 24.4 Å². The molecule has 3 rings (SSSR count). The number of amides is 1.